The molecule has 2 aliphatic rings. The van der Waals surface area contributed by atoms with Crippen LogP contribution in [0.25, 0.3) is 33.0 Å². The molecular weight excluding hydrogens is 645 g/mol. The number of hydrogen-bond donors (Lipinski definition) is 1. The topological polar surface area (TPSA) is 21.8 Å². The minimum absolute atomic E-state index is 1.11. The van der Waals surface area contributed by atoms with Crippen LogP contribution in [0.4, 0.5) is 56.9 Å². The third-order valence-electron chi connectivity index (χ3n) is 10.8. The molecule has 0 saturated heterocycles. The summed E-state index contributed by atoms with van der Waals surface area (Å²) in [4.78, 5) is 7.04. The van der Waals surface area contributed by atoms with Gasteiger partial charge in [0.2, 0.25) is 0 Å². The fraction of sp³-hybridized carbons (Fsp3) is 0.0612. The van der Waals surface area contributed by atoms with Crippen LogP contribution in [-0.4, -0.2) is 7.05 Å². The van der Waals surface area contributed by atoms with E-state index in [4.69, 9.17) is 0 Å². The SMILES string of the molecule is Cc1ccc(N(c2ccccc2)c2ccc3c(c2)Nc2ccc4c5c(ccc-3c25)-c2ccc(N(c3ccccc3)c3ccc(C)cc3)cc2N4C)cc1. The zero-order chi connectivity index (χ0) is 35.6. The van der Waals surface area contributed by atoms with E-state index in [0.29, 0.717) is 0 Å². The molecule has 254 valence electrons. The van der Waals surface area contributed by atoms with Crippen LogP contribution in [0.2, 0.25) is 0 Å². The van der Waals surface area contributed by atoms with Crippen molar-refractivity contribution < 1.29 is 0 Å². The number of aryl methyl sites for hydroxylation is 2. The zero-order valence-corrected chi connectivity index (χ0v) is 30.0. The molecule has 0 amide bonds. The van der Waals surface area contributed by atoms with Crippen molar-refractivity contribution in [2.75, 3.05) is 27.1 Å². The summed E-state index contributed by atoms with van der Waals surface area (Å²) in [6.45, 7) is 4.27. The number of hydrogen-bond acceptors (Lipinski definition) is 4. The lowest BCUT2D eigenvalue weighted by Gasteiger charge is -2.35. The van der Waals surface area contributed by atoms with Crippen LogP contribution in [0, 0.1) is 13.8 Å². The fourth-order valence-electron chi connectivity index (χ4n) is 8.20. The molecule has 0 saturated carbocycles. The van der Waals surface area contributed by atoms with Gasteiger partial charge in [-0.2, -0.15) is 0 Å². The van der Waals surface area contributed by atoms with E-state index in [-0.39, 0.29) is 0 Å². The lowest BCUT2D eigenvalue weighted by atomic mass is 9.85. The van der Waals surface area contributed by atoms with Crippen molar-refractivity contribution in [1.29, 1.82) is 0 Å². The minimum Gasteiger partial charge on any atom is -0.354 e. The molecule has 0 spiro atoms. The van der Waals surface area contributed by atoms with Crippen molar-refractivity contribution in [1.82, 2.24) is 0 Å². The van der Waals surface area contributed by atoms with E-state index >= 15 is 0 Å². The number of rotatable bonds is 6. The van der Waals surface area contributed by atoms with Crippen LogP contribution in [0.15, 0.2) is 170 Å². The van der Waals surface area contributed by atoms with Gasteiger partial charge in [0.15, 0.2) is 0 Å². The molecule has 0 unspecified atom stereocenters. The summed E-state index contributed by atoms with van der Waals surface area (Å²) in [5.74, 6) is 0. The molecule has 10 rings (SSSR count). The molecule has 0 bridgehead atoms. The molecule has 0 atom stereocenters. The van der Waals surface area contributed by atoms with Gasteiger partial charge in [-0.3, -0.25) is 0 Å². The lowest BCUT2D eigenvalue weighted by Crippen LogP contribution is -2.17. The minimum atomic E-state index is 1.11. The number of nitrogens with zero attached hydrogens (tertiary/aromatic N) is 3. The Labute approximate surface area is 310 Å². The lowest BCUT2D eigenvalue weighted by molar-refractivity contribution is 1.20. The Hall–Kier alpha value is -6.78. The smallest absolute Gasteiger partial charge is 0.0509 e. The van der Waals surface area contributed by atoms with Crippen LogP contribution < -0.4 is 20.0 Å². The van der Waals surface area contributed by atoms with Gasteiger partial charge in [-0.05, 0) is 110 Å². The van der Waals surface area contributed by atoms with E-state index in [9.17, 15) is 0 Å². The van der Waals surface area contributed by atoms with Crippen molar-refractivity contribution >= 4 is 67.6 Å². The van der Waals surface area contributed by atoms with Crippen molar-refractivity contribution in [2.45, 2.75) is 13.8 Å². The Morgan fingerprint density at radius 3 is 1.43 bits per heavy atom. The van der Waals surface area contributed by atoms with E-state index < -0.39 is 0 Å². The highest BCUT2D eigenvalue weighted by atomic mass is 15.2. The molecule has 4 nitrogen and oxygen atoms in total. The Balaban J connectivity index is 1.08. The second-order valence-corrected chi connectivity index (χ2v) is 14.2. The molecule has 8 aromatic carbocycles. The molecule has 8 aromatic rings. The Kier molecular flexibility index (Phi) is 7.12. The summed E-state index contributed by atoms with van der Waals surface area (Å²) in [5.41, 5.74) is 18.9. The molecule has 0 fully saturated rings. The van der Waals surface area contributed by atoms with Gasteiger partial charge in [-0.1, -0.05) is 96.1 Å². The average Bonchev–Trinajstić information content (AvgIpc) is 3.20. The maximum atomic E-state index is 3.87. The highest BCUT2D eigenvalue weighted by Gasteiger charge is 2.29. The van der Waals surface area contributed by atoms with Crippen LogP contribution in [-0.2, 0) is 0 Å². The number of benzene rings is 8. The standard InChI is InChI=1S/C49H38N4/c1-32-14-18-36(19-15-32)52(34-10-6-4-7-11-34)38-22-24-40-42-26-27-43-41-25-23-39(53(35-12-8-5-9-13-35)37-20-16-33(2)17-21-37)31-47(41)51(3)46-29-28-44(48(42)49(43)46)50-45(40)30-38/h4-31,50H,1-3H3. The van der Waals surface area contributed by atoms with E-state index in [0.717, 1.165) is 45.5 Å². The molecule has 4 heteroatoms. The van der Waals surface area contributed by atoms with Crippen LogP contribution in [0.3, 0.4) is 0 Å². The number of fused-ring (bicyclic) bond motifs is 4. The monoisotopic (exact) mass is 682 g/mol. The predicted octanol–water partition coefficient (Wildman–Crippen LogP) is 13.9. The van der Waals surface area contributed by atoms with E-state index in [1.165, 1.54) is 55.5 Å². The van der Waals surface area contributed by atoms with Crippen LogP contribution in [0.5, 0.6) is 0 Å². The van der Waals surface area contributed by atoms with Crippen LogP contribution in [0.1, 0.15) is 11.1 Å². The van der Waals surface area contributed by atoms with Gasteiger partial charge in [-0.15, -0.1) is 0 Å². The van der Waals surface area contributed by atoms with Gasteiger partial charge >= 0.3 is 0 Å². The quantitative estimate of drug-likeness (QED) is 0.188. The highest BCUT2D eigenvalue weighted by molar-refractivity contribution is 6.22. The molecular formula is C49H38N4. The predicted molar refractivity (Wildman–Crippen MR) is 225 cm³/mol. The first-order chi connectivity index (χ1) is 26.0. The Morgan fingerprint density at radius 2 is 0.849 bits per heavy atom. The van der Waals surface area contributed by atoms with E-state index in [2.05, 4.69) is 211 Å². The second kappa shape index (κ2) is 12.2. The van der Waals surface area contributed by atoms with Gasteiger partial charge in [-0.25, -0.2) is 0 Å². The third-order valence-corrected chi connectivity index (χ3v) is 10.8. The number of para-hydroxylation sites is 2. The molecule has 2 aliphatic heterocycles. The first kappa shape index (κ1) is 31.0. The normalized spacial score (nSPS) is 12.2. The fourth-order valence-corrected chi connectivity index (χ4v) is 8.20. The maximum absolute atomic E-state index is 3.87. The highest BCUT2D eigenvalue weighted by Crippen LogP contribution is 2.55. The first-order valence-corrected chi connectivity index (χ1v) is 18.2. The summed E-state index contributed by atoms with van der Waals surface area (Å²) in [7, 11) is 2.20. The van der Waals surface area contributed by atoms with E-state index in [1.807, 2.05) is 0 Å². The summed E-state index contributed by atoms with van der Waals surface area (Å²) in [6.07, 6.45) is 0. The van der Waals surface area contributed by atoms with Crippen molar-refractivity contribution in [3.05, 3.63) is 181 Å². The molecule has 0 radical (unpaired) electrons. The largest absolute Gasteiger partial charge is 0.354 e. The maximum Gasteiger partial charge on any atom is 0.0509 e. The van der Waals surface area contributed by atoms with Crippen LogP contribution >= 0.6 is 0 Å². The average molecular weight is 683 g/mol. The van der Waals surface area contributed by atoms with Gasteiger partial charge in [0.1, 0.15) is 0 Å². The third kappa shape index (κ3) is 5.06. The zero-order valence-electron chi connectivity index (χ0n) is 30.0. The Morgan fingerprint density at radius 1 is 0.377 bits per heavy atom. The summed E-state index contributed by atoms with van der Waals surface area (Å²) >= 11 is 0. The van der Waals surface area contributed by atoms with Gasteiger partial charge in [0, 0.05) is 80.1 Å². The van der Waals surface area contributed by atoms with Gasteiger partial charge in [0.05, 0.1) is 5.69 Å². The molecule has 0 aliphatic carbocycles. The second-order valence-electron chi connectivity index (χ2n) is 14.2. The van der Waals surface area contributed by atoms with E-state index in [1.54, 1.807) is 0 Å². The van der Waals surface area contributed by atoms with Crippen molar-refractivity contribution in [3.8, 4) is 22.3 Å². The number of anilines is 10. The molecule has 0 aromatic heterocycles. The summed E-state index contributed by atoms with van der Waals surface area (Å²) < 4.78 is 0. The molecule has 2 heterocycles. The number of nitrogens with one attached hydrogen (secondary N) is 1. The first-order valence-electron chi connectivity index (χ1n) is 18.2. The Bertz CT molecular complexity index is 2670. The van der Waals surface area contributed by atoms with Crippen molar-refractivity contribution in [2.24, 2.45) is 0 Å². The van der Waals surface area contributed by atoms with Gasteiger partial charge in [0.25, 0.3) is 0 Å². The molecule has 53 heavy (non-hydrogen) atoms. The summed E-state index contributed by atoms with van der Waals surface area (Å²) in [6, 6.07) is 61.7. The molecule has 1 N–H and O–H groups in total. The van der Waals surface area contributed by atoms with Gasteiger partial charge < -0.3 is 20.0 Å². The van der Waals surface area contributed by atoms with Crippen molar-refractivity contribution in [3.63, 3.8) is 0 Å². The summed E-state index contributed by atoms with van der Waals surface area (Å²) in [5, 5.41) is 6.42.